The minimum absolute atomic E-state index is 0.0375. The van der Waals surface area contributed by atoms with Crippen molar-refractivity contribution in [3.63, 3.8) is 0 Å². The highest BCUT2D eigenvalue weighted by Crippen LogP contribution is 2.22. The van der Waals surface area contributed by atoms with E-state index < -0.39 is 0 Å². The predicted octanol–water partition coefficient (Wildman–Crippen LogP) is 2.09. The maximum absolute atomic E-state index is 12.6. The summed E-state index contributed by atoms with van der Waals surface area (Å²) < 4.78 is 0. The van der Waals surface area contributed by atoms with Crippen molar-refractivity contribution < 1.29 is 9.59 Å². The third-order valence-corrected chi connectivity index (χ3v) is 4.97. The Morgan fingerprint density at radius 3 is 1.92 bits per heavy atom. The lowest BCUT2D eigenvalue weighted by molar-refractivity contribution is -0.134. The molecule has 0 saturated carbocycles. The first-order valence-electron chi connectivity index (χ1n) is 9.05. The summed E-state index contributed by atoms with van der Waals surface area (Å²) in [4.78, 5) is 25.7. The number of hydrogen-bond donors (Lipinski definition) is 2. The van der Waals surface area contributed by atoms with Gasteiger partial charge in [0.25, 0.3) is 0 Å². The minimum Gasteiger partial charge on any atom is -0.369 e. The highest BCUT2D eigenvalue weighted by Gasteiger charge is 2.26. The fourth-order valence-electron chi connectivity index (χ4n) is 3.43. The number of nitrogens with zero attached hydrogens (tertiary/aromatic N) is 1. The van der Waals surface area contributed by atoms with E-state index in [-0.39, 0.29) is 30.3 Å². The van der Waals surface area contributed by atoms with Crippen LogP contribution in [0.2, 0.25) is 0 Å². The zero-order valence-electron chi connectivity index (χ0n) is 14.8. The number of nitrogens with two attached hydrogens (primary N) is 1. The van der Waals surface area contributed by atoms with Gasteiger partial charge in [-0.3, -0.25) is 14.9 Å². The van der Waals surface area contributed by atoms with Gasteiger partial charge in [-0.25, -0.2) is 0 Å². The standard InChI is InChI=1S/C21H25N3O2/c22-21(26)18-11-13-24(14-12-18)19(25)15-23-20(16-7-3-1-4-8-16)17-9-5-2-6-10-17/h1-10,18,20,23H,11-15H2,(H2,22,26). The molecule has 3 N–H and O–H groups in total. The van der Waals surface area contributed by atoms with Crippen LogP contribution in [-0.4, -0.2) is 36.3 Å². The molecule has 1 heterocycles. The lowest BCUT2D eigenvalue weighted by atomic mass is 9.96. The summed E-state index contributed by atoms with van der Waals surface area (Å²) in [7, 11) is 0. The van der Waals surface area contributed by atoms with Crippen LogP contribution in [0.25, 0.3) is 0 Å². The van der Waals surface area contributed by atoms with E-state index in [4.69, 9.17) is 5.73 Å². The average molecular weight is 351 g/mol. The molecule has 1 saturated heterocycles. The maximum atomic E-state index is 12.6. The van der Waals surface area contributed by atoms with Gasteiger partial charge in [0, 0.05) is 19.0 Å². The van der Waals surface area contributed by atoms with Gasteiger partial charge in [0.05, 0.1) is 12.6 Å². The maximum Gasteiger partial charge on any atom is 0.236 e. The van der Waals surface area contributed by atoms with Gasteiger partial charge in [0.1, 0.15) is 0 Å². The Labute approximate surface area is 154 Å². The molecule has 0 unspecified atom stereocenters. The van der Waals surface area contributed by atoms with Crippen molar-refractivity contribution >= 4 is 11.8 Å². The molecule has 0 spiro atoms. The number of nitrogens with one attached hydrogen (secondary N) is 1. The SMILES string of the molecule is NC(=O)C1CCN(C(=O)CNC(c2ccccc2)c2ccccc2)CC1. The minimum atomic E-state index is -0.261. The largest absolute Gasteiger partial charge is 0.369 e. The first-order chi connectivity index (χ1) is 12.6. The smallest absolute Gasteiger partial charge is 0.236 e. The Hall–Kier alpha value is -2.66. The van der Waals surface area contributed by atoms with Gasteiger partial charge in [-0.15, -0.1) is 0 Å². The van der Waals surface area contributed by atoms with E-state index in [0.717, 1.165) is 11.1 Å². The third kappa shape index (κ3) is 4.49. The second-order valence-corrected chi connectivity index (χ2v) is 6.69. The molecule has 0 radical (unpaired) electrons. The number of hydrogen-bond acceptors (Lipinski definition) is 3. The molecule has 26 heavy (non-hydrogen) atoms. The zero-order valence-corrected chi connectivity index (χ0v) is 14.8. The summed E-state index contributed by atoms with van der Waals surface area (Å²) in [6, 6.07) is 20.2. The van der Waals surface area contributed by atoms with Gasteiger partial charge in [0.15, 0.2) is 0 Å². The number of carbonyl (C=O) groups is 2. The van der Waals surface area contributed by atoms with Gasteiger partial charge in [0.2, 0.25) is 11.8 Å². The Morgan fingerprint density at radius 2 is 1.46 bits per heavy atom. The summed E-state index contributed by atoms with van der Waals surface area (Å²) in [5.74, 6) is -0.304. The fraction of sp³-hybridized carbons (Fsp3) is 0.333. The number of carbonyl (C=O) groups excluding carboxylic acids is 2. The number of primary amides is 1. The Kier molecular flexibility index (Phi) is 6.02. The monoisotopic (exact) mass is 351 g/mol. The topological polar surface area (TPSA) is 75.4 Å². The molecular weight excluding hydrogens is 326 g/mol. The quantitative estimate of drug-likeness (QED) is 0.837. The molecule has 5 heteroatoms. The molecule has 0 aliphatic carbocycles. The van der Waals surface area contributed by atoms with Crippen LogP contribution in [0.1, 0.15) is 30.0 Å². The first-order valence-corrected chi connectivity index (χ1v) is 9.05. The number of piperidine rings is 1. The van der Waals surface area contributed by atoms with Crippen LogP contribution in [0.4, 0.5) is 0 Å². The van der Waals surface area contributed by atoms with E-state index >= 15 is 0 Å². The van der Waals surface area contributed by atoms with E-state index in [1.54, 1.807) is 0 Å². The highest BCUT2D eigenvalue weighted by molar-refractivity contribution is 5.80. The molecule has 1 fully saturated rings. The second-order valence-electron chi connectivity index (χ2n) is 6.69. The molecule has 5 nitrogen and oxygen atoms in total. The summed E-state index contributed by atoms with van der Waals surface area (Å²) >= 11 is 0. The molecule has 2 aromatic carbocycles. The summed E-state index contributed by atoms with van der Waals surface area (Å²) in [5, 5.41) is 3.40. The van der Waals surface area contributed by atoms with Crippen LogP contribution in [0, 0.1) is 5.92 Å². The van der Waals surface area contributed by atoms with Crippen molar-refractivity contribution in [1.82, 2.24) is 10.2 Å². The Morgan fingerprint density at radius 1 is 0.962 bits per heavy atom. The Balaban J connectivity index is 1.63. The van der Waals surface area contributed by atoms with Crippen LogP contribution in [0.3, 0.4) is 0 Å². The van der Waals surface area contributed by atoms with Gasteiger partial charge >= 0.3 is 0 Å². The lowest BCUT2D eigenvalue weighted by Crippen LogP contribution is -2.45. The van der Waals surface area contributed by atoms with Crippen LogP contribution in [0.15, 0.2) is 60.7 Å². The van der Waals surface area contributed by atoms with E-state index in [0.29, 0.717) is 25.9 Å². The van der Waals surface area contributed by atoms with Crippen molar-refractivity contribution in [2.45, 2.75) is 18.9 Å². The van der Waals surface area contributed by atoms with Gasteiger partial charge in [-0.2, -0.15) is 0 Å². The van der Waals surface area contributed by atoms with Crippen LogP contribution in [0.5, 0.6) is 0 Å². The normalized spacial score (nSPS) is 15.2. The molecule has 2 aromatic rings. The van der Waals surface area contributed by atoms with Gasteiger partial charge < -0.3 is 10.6 Å². The molecule has 0 atom stereocenters. The number of amides is 2. The molecule has 3 rings (SSSR count). The number of benzene rings is 2. The van der Waals surface area contributed by atoms with E-state index in [9.17, 15) is 9.59 Å². The van der Waals surface area contributed by atoms with Crippen molar-refractivity contribution in [3.05, 3.63) is 71.8 Å². The first kappa shape index (κ1) is 18.1. The van der Waals surface area contributed by atoms with Crippen molar-refractivity contribution in [2.24, 2.45) is 11.7 Å². The molecule has 2 amide bonds. The van der Waals surface area contributed by atoms with E-state index in [2.05, 4.69) is 29.6 Å². The van der Waals surface area contributed by atoms with Crippen molar-refractivity contribution in [1.29, 1.82) is 0 Å². The van der Waals surface area contributed by atoms with E-state index in [1.165, 1.54) is 0 Å². The summed E-state index contributed by atoms with van der Waals surface area (Å²) in [6.45, 7) is 1.45. The lowest BCUT2D eigenvalue weighted by Gasteiger charge is -2.31. The molecule has 0 bridgehead atoms. The molecule has 0 aromatic heterocycles. The van der Waals surface area contributed by atoms with Crippen LogP contribution >= 0.6 is 0 Å². The molecule has 136 valence electrons. The van der Waals surface area contributed by atoms with Crippen molar-refractivity contribution in [2.75, 3.05) is 19.6 Å². The highest BCUT2D eigenvalue weighted by atomic mass is 16.2. The molecule has 1 aliphatic heterocycles. The van der Waals surface area contributed by atoms with Crippen LogP contribution < -0.4 is 11.1 Å². The van der Waals surface area contributed by atoms with Crippen LogP contribution in [-0.2, 0) is 9.59 Å². The van der Waals surface area contributed by atoms with Crippen molar-refractivity contribution in [3.8, 4) is 0 Å². The average Bonchev–Trinajstić information content (AvgIpc) is 2.69. The van der Waals surface area contributed by atoms with E-state index in [1.807, 2.05) is 41.3 Å². The molecular formula is C21H25N3O2. The fourth-order valence-corrected chi connectivity index (χ4v) is 3.43. The predicted molar refractivity (Wildman–Crippen MR) is 101 cm³/mol. The number of rotatable bonds is 6. The zero-order chi connectivity index (χ0) is 18.4. The summed E-state index contributed by atoms with van der Waals surface area (Å²) in [5.41, 5.74) is 7.61. The summed E-state index contributed by atoms with van der Waals surface area (Å²) in [6.07, 6.45) is 1.31. The third-order valence-electron chi connectivity index (χ3n) is 4.97. The second kappa shape index (κ2) is 8.63. The number of likely N-dealkylation sites (tertiary alicyclic amines) is 1. The molecule has 1 aliphatic rings. The Bertz CT molecular complexity index is 686. The van der Waals surface area contributed by atoms with Gasteiger partial charge in [-0.1, -0.05) is 60.7 Å². The van der Waals surface area contributed by atoms with Gasteiger partial charge in [-0.05, 0) is 24.0 Å².